The molecule has 0 aliphatic rings. The van der Waals surface area contributed by atoms with Crippen LogP contribution in [0.1, 0.15) is 19.5 Å². The van der Waals surface area contributed by atoms with Crippen LogP contribution in [0.2, 0.25) is 5.15 Å². The smallest absolute Gasteiger partial charge is 0.309 e. The molecule has 0 unspecified atom stereocenters. The zero-order chi connectivity index (χ0) is 13.4. The minimum atomic E-state index is -3.02. The molecule has 0 bridgehead atoms. The Bertz CT molecular complexity index is 441. The molecule has 0 atom stereocenters. The van der Waals surface area contributed by atoms with Gasteiger partial charge in [-0.05, 0) is 32.1 Å². The van der Waals surface area contributed by atoms with E-state index in [0.29, 0.717) is 24.1 Å². The molecule has 4 nitrogen and oxygen atoms in total. The quantitative estimate of drug-likeness (QED) is 0.562. The van der Waals surface area contributed by atoms with Gasteiger partial charge >= 0.3 is 7.60 Å². The number of nitrogens with zero attached hydrogens (tertiary/aromatic N) is 1. The number of pyridine rings is 1. The van der Waals surface area contributed by atoms with E-state index >= 15 is 0 Å². The van der Waals surface area contributed by atoms with E-state index in [4.69, 9.17) is 20.6 Å². The highest BCUT2D eigenvalue weighted by molar-refractivity contribution is 7.54. The molecule has 0 amide bonds. The van der Waals surface area contributed by atoms with E-state index in [9.17, 15) is 4.57 Å². The van der Waals surface area contributed by atoms with Gasteiger partial charge in [0.15, 0.2) is 0 Å². The van der Waals surface area contributed by atoms with E-state index in [1.807, 2.05) is 6.07 Å². The van der Waals surface area contributed by atoms with Crippen LogP contribution in [0.3, 0.4) is 0 Å². The topological polar surface area (TPSA) is 48.4 Å². The lowest BCUT2D eigenvalue weighted by molar-refractivity contribution is 0.222. The van der Waals surface area contributed by atoms with E-state index in [2.05, 4.69) is 4.98 Å². The summed E-state index contributed by atoms with van der Waals surface area (Å²) in [7, 11) is -3.02. The summed E-state index contributed by atoms with van der Waals surface area (Å²) < 4.78 is 22.5. The van der Waals surface area contributed by atoms with Crippen LogP contribution in [0, 0.1) is 0 Å². The normalized spacial score (nSPS) is 12.2. The predicted molar refractivity (Wildman–Crippen MR) is 74.0 cm³/mol. The minimum Gasteiger partial charge on any atom is -0.309 e. The molecule has 0 aromatic carbocycles. The van der Waals surface area contributed by atoms with Crippen molar-refractivity contribution in [2.24, 2.45) is 0 Å². The largest absolute Gasteiger partial charge is 0.334 e. The molecule has 1 rings (SSSR count). The van der Waals surface area contributed by atoms with Crippen molar-refractivity contribution in [3.05, 3.63) is 35.1 Å². The standard InChI is InChI=1S/C12H17ClNO3P/c1-3-16-18(15,17-4-2)10-6-8-11-7-5-9-12(13)14-11/h5-9H,3-4,10H2,1-2H3. The Balaban J connectivity index is 2.64. The Morgan fingerprint density at radius 3 is 2.56 bits per heavy atom. The van der Waals surface area contributed by atoms with Gasteiger partial charge in [-0.1, -0.05) is 23.7 Å². The fourth-order valence-corrected chi connectivity index (χ4v) is 2.96. The molecule has 0 radical (unpaired) electrons. The lowest BCUT2D eigenvalue weighted by Gasteiger charge is -2.14. The van der Waals surface area contributed by atoms with Crippen LogP contribution in [0.15, 0.2) is 24.3 Å². The van der Waals surface area contributed by atoms with Crippen LogP contribution in [0.5, 0.6) is 0 Å². The third-order valence-corrected chi connectivity index (χ3v) is 4.18. The summed E-state index contributed by atoms with van der Waals surface area (Å²) in [5.74, 6) is 0. The minimum absolute atomic E-state index is 0.225. The van der Waals surface area contributed by atoms with Gasteiger partial charge in [-0.15, -0.1) is 0 Å². The van der Waals surface area contributed by atoms with Crippen molar-refractivity contribution in [1.29, 1.82) is 0 Å². The predicted octanol–water partition coefficient (Wildman–Crippen LogP) is 4.01. The zero-order valence-corrected chi connectivity index (χ0v) is 12.2. The van der Waals surface area contributed by atoms with Gasteiger partial charge in [0, 0.05) is 0 Å². The Morgan fingerprint density at radius 2 is 2.00 bits per heavy atom. The number of aromatic nitrogens is 1. The highest BCUT2D eigenvalue weighted by Gasteiger charge is 2.20. The number of hydrogen-bond donors (Lipinski definition) is 0. The summed E-state index contributed by atoms with van der Waals surface area (Å²) in [6, 6.07) is 5.32. The lowest BCUT2D eigenvalue weighted by atomic mass is 10.3. The fourth-order valence-electron chi connectivity index (χ4n) is 1.36. The molecule has 1 aromatic heterocycles. The van der Waals surface area contributed by atoms with Crippen LogP contribution < -0.4 is 0 Å². The van der Waals surface area contributed by atoms with Crippen LogP contribution in [-0.4, -0.2) is 24.4 Å². The summed E-state index contributed by atoms with van der Waals surface area (Å²) in [6.07, 6.45) is 3.70. The van der Waals surface area contributed by atoms with Gasteiger partial charge < -0.3 is 9.05 Å². The van der Waals surface area contributed by atoms with Gasteiger partial charge in [0.2, 0.25) is 0 Å². The molecule has 0 saturated heterocycles. The molecule has 1 aromatic rings. The van der Waals surface area contributed by atoms with Crippen molar-refractivity contribution in [3.8, 4) is 0 Å². The third kappa shape index (κ3) is 5.32. The van der Waals surface area contributed by atoms with E-state index in [0.717, 1.165) is 0 Å². The van der Waals surface area contributed by atoms with Crippen molar-refractivity contribution in [2.45, 2.75) is 13.8 Å². The third-order valence-electron chi connectivity index (χ3n) is 2.01. The van der Waals surface area contributed by atoms with Gasteiger partial charge in [0.1, 0.15) is 5.15 Å². The molecule has 100 valence electrons. The number of halogens is 1. The van der Waals surface area contributed by atoms with E-state index in [-0.39, 0.29) is 6.16 Å². The van der Waals surface area contributed by atoms with Crippen molar-refractivity contribution in [2.75, 3.05) is 19.4 Å². The maximum absolute atomic E-state index is 12.1. The molecule has 0 N–H and O–H groups in total. The van der Waals surface area contributed by atoms with E-state index in [1.165, 1.54) is 0 Å². The average Bonchev–Trinajstić information content (AvgIpc) is 2.29. The first-order chi connectivity index (χ1) is 8.59. The van der Waals surface area contributed by atoms with Crippen LogP contribution in [0.25, 0.3) is 6.08 Å². The van der Waals surface area contributed by atoms with Crippen molar-refractivity contribution >= 4 is 25.3 Å². The summed E-state index contributed by atoms with van der Waals surface area (Å²) in [4.78, 5) is 4.09. The molecule has 0 aliphatic heterocycles. The van der Waals surface area contributed by atoms with E-state index < -0.39 is 7.60 Å². The monoisotopic (exact) mass is 289 g/mol. The summed E-state index contributed by atoms with van der Waals surface area (Å²) in [5.41, 5.74) is 0.710. The second-order valence-electron chi connectivity index (χ2n) is 3.42. The maximum Gasteiger partial charge on any atom is 0.334 e. The molecule has 1 heterocycles. The van der Waals surface area contributed by atoms with Gasteiger partial charge in [-0.3, -0.25) is 4.57 Å². The van der Waals surface area contributed by atoms with Gasteiger partial charge in [-0.2, -0.15) is 0 Å². The first-order valence-corrected chi connectivity index (χ1v) is 7.87. The van der Waals surface area contributed by atoms with Crippen LogP contribution >= 0.6 is 19.2 Å². The number of allylic oxidation sites excluding steroid dienone is 1. The maximum atomic E-state index is 12.1. The molecule has 0 aliphatic carbocycles. The van der Waals surface area contributed by atoms with Gasteiger partial charge in [-0.25, -0.2) is 4.98 Å². The summed E-state index contributed by atoms with van der Waals surface area (Å²) in [6.45, 7) is 4.29. The second kappa shape index (κ2) is 7.70. The average molecular weight is 290 g/mol. The Kier molecular flexibility index (Phi) is 6.58. The zero-order valence-electron chi connectivity index (χ0n) is 10.5. The van der Waals surface area contributed by atoms with Crippen molar-refractivity contribution in [3.63, 3.8) is 0 Å². The number of rotatable bonds is 7. The first kappa shape index (κ1) is 15.4. The van der Waals surface area contributed by atoms with Crippen LogP contribution in [0.4, 0.5) is 0 Å². The SMILES string of the molecule is CCOP(=O)(CC=Cc1cccc(Cl)n1)OCC. The van der Waals surface area contributed by atoms with Gasteiger partial charge in [0.05, 0.1) is 25.1 Å². The van der Waals surface area contributed by atoms with Crippen molar-refractivity contribution in [1.82, 2.24) is 4.98 Å². The van der Waals surface area contributed by atoms with E-state index in [1.54, 1.807) is 38.1 Å². The van der Waals surface area contributed by atoms with Crippen LogP contribution in [-0.2, 0) is 13.6 Å². The molecule has 6 heteroatoms. The molecule has 0 fully saturated rings. The summed E-state index contributed by atoms with van der Waals surface area (Å²) in [5, 5.41) is 0.426. The molecule has 18 heavy (non-hydrogen) atoms. The molecule has 0 saturated carbocycles. The van der Waals surface area contributed by atoms with Gasteiger partial charge in [0.25, 0.3) is 0 Å². The summed E-state index contributed by atoms with van der Waals surface area (Å²) >= 11 is 5.76. The number of hydrogen-bond acceptors (Lipinski definition) is 4. The molecular formula is C12H17ClNO3P. The Morgan fingerprint density at radius 1 is 1.33 bits per heavy atom. The lowest BCUT2D eigenvalue weighted by Crippen LogP contribution is -1.98. The van der Waals surface area contributed by atoms with Crippen molar-refractivity contribution < 1.29 is 13.6 Å². The molecule has 0 spiro atoms. The molecular weight excluding hydrogens is 273 g/mol. The second-order valence-corrected chi connectivity index (χ2v) is 5.91. The first-order valence-electron chi connectivity index (χ1n) is 5.77. The Labute approximate surface area is 113 Å². The highest BCUT2D eigenvalue weighted by atomic mass is 35.5. The fraction of sp³-hybridized carbons (Fsp3) is 0.417. The highest BCUT2D eigenvalue weighted by Crippen LogP contribution is 2.47. The Hall–Kier alpha value is -0.670.